The topological polar surface area (TPSA) is 98.8 Å². The lowest BCUT2D eigenvalue weighted by Crippen LogP contribution is -2.62. The van der Waals surface area contributed by atoms with Gasteiger partial charge in [-0.25, -0.2) is 0 Å². The molecule has 3 aliphatic rings. The number of amides is 4. The average Bonchev–Trinajstić information content (AvgIpc) is 3.61. The minimum absolute atomic E-state index is 0.0263. The molecule has 2 atom stereocenters. The standard InChI is InChI=1S/C27H30N4O4/c1-27-15-13-24(33)31(27)22-10-6-5-9-20(22)26(35)30(27)16-14-23(32)29-21(25(34)28-19-11-12-19)17-18-7-3-2-4-8-18/h2-10,19,21H,11-17H2,1H3,(H,28,34)(H,29,32). The van der Waals surface area contributed by atoms with Crippen molar-refractivity contribution in [3.05, 3.63) is 65.7 Å². The molecule has 182 valence electrons. The van der Waals surface area contributed by atoms with Gasteiger partial charge in [-0.1, -0.05) is 42.5 Å². The van der Waals surface area contributed by atoms with Gasteiger partial charge in [0.05, 0.1) is 11.3 Å². The zero-order valence-electron chi connectivity index (χ0n) is 19.8. The molecule has 1 saturated heterocycles. The third kappa shape index (κ3) is 4.52. The van der Waals surface area contributed by atoms with E-state index >= 15 is 0 Å². The Morgan fingerprint density at radius 1 is 1.06 bits per heavy atom. The molecular weight excluding hydrogens is 444 g/mol. The van der Waals surface area contributed by atoms with Gasteiger partial charge in [0.15, 0.2) is 0 Å². The van der Waals surface area contributed by atoms with Gasteiger partial charge < -0.3 is 15.5 Å². The zero-order chi connectivity index (χ0) is 24.6. The number of anilines is 1. The summed E-state index contributed by atoms with van der Waals surface area (Å²) in [4.78, 5) is 55.3. The van der Waals surface area contributed by atoms with Gasteiger partial charge in [-0.2, -0.15) is 0 Å². The second kappa shape index (κ2) is 9.17. The number of hydrogen-bond acceptors (Lipinski definition) is 4. The van der Waals surface area contributed by atoms with E-state index in [0.717, 1.165) is 18.4 Å². The highest BCUT2D eigenvalue weighted by molar-refractivity contribution is 6.10. The first-order valence-corrected chi connectivity index (χ1v) is 12.2. The predicted molar refractivity (Wildman–Crippen MR) is 130 cm³/mol. The van der Waals surface area contributed by atoms with Crippen LogP contribution in [-0.4, -0.2) is 52.8 Å². The van der Waals surface area contributed by atoms with E-state index in [1.54, 1.807) is 28.0 Å². The highest BCUT2D eigenvalue weighted by Gasteiger charge is 2.52. The molecule has 2 aromatic carbocycles. The largest absolute Gasteiger partial charge is 0.352 e. The number of benzene rings is 2. The van der Waals surface area contributed by atoms with Crippen LogP contribution in [0, 0.1) is 0 Å². The summed E-state index contributed by atoms with van der Waals surface area (Å²) in [6.45, 7) is 2.03. The van der Waals surface area contributed by atoms with Crippen LogP contribution in [0.3, 0.4) is 0 Å². The number of hydrogen-bond donors (Lipinski definition) is 2. The maximum atomic E-state index is 13.4. The van der Waals surface area contributed by atoms with Gasteiger partial charge in [0.2, 0.25) is 17.7 Å². The normalized spacial score (nSPS) is 21.9. The van der Waals surface area contributed by atoms with Gasteiger partial charge >= 0.3 is 0 Å². The van der Waals surface area contributed by atoms with Crippen LogP contribution in [0.1, 0.15) is 54.9 Å². The fourth-order valence-corrected chi connectivity index (χ4v) is 5.11. The number of nitrogens with zero attached hydrogens (tertiary/aromatic N) is 2. The SMILES string of the molecule is CC12CCC(=O)N1c1ccccc1C(=O)N2CCC(=O)NC(Cc1ccccc1)C(=O)NC1CC1. The fourth-order valence-electron chi connectivity index (χ4n) is 5.11. The van der Waals surface area contributed by atoms with E-state index in [1.807, 2.05) is 43.3 Å². The molecule has 0 spiro atoms. The van der Waals surface area contributed by atoms with Crippen LogP contribution in [0.2, 0.25) is 0 Å². The molecule has 0 bridgehead atoms. The summed E-state index contributed by atoms with van der Waals surface area (Å²) >= 11 is 0. The van der Waals surface area contributed by atoms with E-state index < -0.39 is 11.7 Å². The van der Waals surface area contributed by atoms with Crippen molar-refractivity contribution in [1.82, 2.24) is 15.5 Å². The highest BCUT2D eigenvalue weighted by Crippen LogP contribution is 2.43. The van der Waals surface area contributed by atoms with E-state index in [-0.39, 0.29) is 42.6 Å². The molecule has 4 amide bonds. The first-order chi connectivity index (χ1) is 16.9. The first-order valence-electron chi connectivity index (χ1n) is 12.2. The third-order valence-electron chi connectivity index (χ3n) is 7.17. The Morgan fingerprint density at radius 2 is 1.77 bits per heavy atom. The molecule has 2 aromatic rings. The smallest absolute Gasteiger partial charge is 0.257 e. The average molecular weight is 475 g/mol. The molecule has 0 radical (unpaired) electrons. The lowest BCUT2D eigenvalue weighted by molar-refractivity contribution is -0.129. The van der Waals surface area contributed by atoms with E-state index in [1.165, 1.54) is 0 Å². The van der Waals surface area contributed by atoms with Crippen molar-refractivity contribution >= 4 is 29.3 Å². The Labute approximate surface area is 204 Å². The Morgan fingerprint density at radius 3 is 2.51 bits per heavy atom. The second-order valence-electron chi connectivity index (χ2n) is 9.76. The van der Waals surface area contributed by atoms with Crippen molar-refractivity contribution < 1.29 is 19.2 Å². The second-order valence-corrected chi connectivity index (χ2v) is 9.76. The Kier molecular flexibility index (Phi) is 6.05. The van der Waals surface area contributed by atoms with Crippen LogP contribution in [-0.2, 0) is 20.8 Å². The molecule has 1 saturated carbocycles. The Balaban J connectivity index is 1.29. The summed E-state index contributed by atoms with van der Waals surface area (Å²) in [5.41, 5.74) is 1.24. The molecule has 8 heteroatoms. The van der Waals surface area contributed by atoms with Gasteiger partial charge in [-0.3, -0.25) is 24.1 Å². The summed E-state index contributed by atoms with van der Waals surface area (Å²) in [7, 11) is 0. The van der Waals surface area contributed by atoms with Gasteiger partial charge in [0.1, 0.15) is 11.7 Å². The van der Waals surface area contributed by atoms with E-state index in [4.69, 9.17) is 0 Å². The number of carbonyl (C=O) groups is 4. The molecule has 2 unspecified atom stereocenters. The van der Waals surface area contributed by atoms with Crippen molar-refractivity contribution in [2.24, 2.45) is 0 Å². The number of carbonyl (C=O) groups excluding carboxylic acids is 4. The molecule has 0 aromatic heterocycles. The van der Waals surface area contributed by atoms with Crippen LogP contribution in [0.15, 0.2) is 54.6 Å². The van der Waals surface area contributed by atoms with Gasteiger partial charge in [-0.15, -0.1) is 0 Å². The van der Waals surface area contributed by atoms with Crippen LogP contribution in [0.4, 0.5) is 5.69 Å². The maximum Gasteiger partial charge on any atom is 0.257 e. The summed E-state index contributed by atoms with van der Waals surface area (Å²) in [5, 5.41) is 5.87. The van der Waals surface area contributed by atoms with E-state index in [9.17, 15) is 19.2 Å². The summed E-state index contributed by atoms with van der Waals surface area (Å²) in [6, 6.07) is 16.2. The van der Waals surface area contributed by atoms with Gasteiger partial charge in [0.25, 0.3) is 5.91 Å². The Bertz CT molecular complexity index is 1160. The van der Waals surface area contributed by atoms with Crippen molar-refractivity contribution in [3.8, 4) is 0 Å². The predicted octanol–water partition coefficient (Wildman–Crippen LogP) is 2.38. The molecule has 1 aliphatic carbocycles. The molecule has 2 heterocycles. The molecule has 8 nitrogen and oxygen atoms in total. The molecular formula is C27H30N4O4. The van der Waals surface area contributed by atoms with E-state index in [0.29, 0.717) is 30.5 Å². The monoisotopic (exact) mass is 474 g/mol. The number of nitrogens with one attached hydrogen (secondary N) is 2. The first kappa shape index (κ1) is 23.1. The fraction of sp³-hybridized carbons (Fsp3) is 0.407. The number of rotatable bonds is 8. The van der Waals surface area contributed by atoms with Crippen molar-refractivity contribution in [1.29, 1.82) is 0 Å². The lowest BCUT2D eigenvalue weighted by Gasteiger charge is -2.48. The van der Waals surface area contributed by atoms with Gasteiger partial charge in [0, 0.05) is 31.8 Å². The summed E-state index contributed by atoms with van der Waals surface area (Å²) in [6.07, 6.45) is 3.21. The van der Waals surface area contributed by atoms with Crippen molar-refractivity contribution in [3.63, 3.8) is 0 Å². The van der Waals surface area contributed by atoms with Crippen LogP contribution in [0.5, 0.6) is 0 Å². The minimum atomic E-state index is -0.810. The summed E-state index contributed by atoms with van der Waals surface area (Å²) < 4.78 is 0. The lowest BCUT2D eigenvalue weighted by atomic mass is 9.98. The minimum Gasteiger partial charge on any atom is -0.352 e. The van der Waals surface area contributed by atoms with Crippen molar-refractivity contribution in [2.75, 3.05) is 11.4 Å². The molecule has 2 N–H and O–H groups in total. The number of fused-ring (bicyclic) bond motifs is 3. The van der Waals surface area contributed by atoms with Crippen molar-refractivity contribution in [2.45, 2.75) is 63.2 Å². The Hall–Kier alpha value is -3.68. The van der Waals surface area contributed by atoms with Crippen LogP contribution in [0.25, 0.3) is 0 Å². The van der Waals surface area contributed by atoms with Gasteiger partial charge in [-0.05, 0) is 43.9 Å². The third-order valence-corrected chi connectivity index (χ3v) is 7.17. The van der Waals surface area contributed by atoms with E-state index in [2.05, 4.69) is 10.6 Å². The zero-order valence-corrected chi connectivity index (χ0v) is 19.8. The highest BCUT2D eigenvalue weighted by atomic mass is 16.2. The quantitative estimate of drug-likeness (QED) is 0.614. The molecule has 2 aliphatic heterocycles. The van der Waals surface area contributed by atoms with Crippen LogP contribution < -0.4 is 15.5 Å². The maximum absolute atomic E-state index is 13.4. The molecule has 5 rings (SSSR count). The molecule has 2 fully saturated rings. The molecule has 35 heavy (non-hydrogen) atoms. The summed E-state index contributed by atoms with van der Waals surface area (Å²) in [5.74, 6) is -0.703. The number of para-hydroxylation sites is 1. The van der Waals surface area contributed by atoms with Crippen LogP contribution >= 0.6 is 0 Å².